The summed E-state index contributed by atoms with van der Waals surface area (Å²) in [6.07, 6.45) is -0.692. The van der Waals surface area contributed by atoms with Crippen molar-refractivity contribution in [3.8, 4) is 0 Å². The summed E-state index contributed by atoms with van der Waals surface area (Å²) in [5.74, 6) is -0.0232. The molecule has 2 aromatic rings. The van der Waals surface area contributed by atoms with E-state index in [1.54, 1.807) is 25.3 Å². The predicted molar refractivity (Wildman–Crippen MR) is 103 cm³/mol. The minimum Gasteiger partial charge on any atom is -0.444 e. The van der Waals surface area contributed by atoms with Crippen LogP contribution in [0.25, 0.3) is 11.0 Å². The van der Waals surface area contributed by atoms with Crippen LogP contribution in [-0.2, 0) is 16.0 Å². The van der Waals surface area contributed by atoms with Crippen LogP contribution >= 0.6 is 0 Å². The molecule has 1 aromatic heterocycles. The van der Waals surface area contributed by atoms with Crippen LogP contribution in [0.4, 0.5) is 10.6 Å². The zero-order valence-electron chi connectivity index (χ0n) is 16.0. The fourth-order valence-electron chi connectivity index (χ4n) is 2.96. The third-order valence-corrected chi connectivity index (χ3v) is 4.22. The Bertz CT molecular complexity index is 866. The summed E-state index contributed by atoms with van der Waals surface area (Å²) in [7, 11) is 0. The van der Waals surface area contributed by atoms with E-state index in [0.29, 0.717) is 25.3 Å². The van der Waals surface area contributed by atoms with Gasteiger partial charge in [-0.15, -0.1) is 0 Å². The Hall–Kier alpha value is -2.45. The maximum atomic E-state index is 12.9. The van der Waals surface area contributed by atoms with E-state index in [9.17, 15) is 9.59 Å². The third-order valence-electron chi connectivity index (χ3n) is 4.22. The number of benzene rings is 1. The average Bonchev–Trinajstić information content (AvgIpc) is 2.61. The first kappa shape index (κ1) is 19.3. The molecule has 3 rings (SSSR count). The van der Waals surface area contributed by atoms with Gasteiger partial charge in [0.15, 0.2) is 0 Å². The normalized spacial score (nSPS) is 15.7. The van der Waals surface area contributed by atoms with Crippen molar-refractivity contribution in [3.05, 3.63) is 34.6 Å². The zero-order valence-corrected chi connectivity index (χ0v) is 16.0. The lowest BCUT2D eigenvalue weighted by Gasteiger charge is -2.27. The van der Waals surface area contributed by atoms with Gasteiger partial charge in [-0.3, -0.25) is 15.0 Å². The number of nitrogens with one attached hydrogen (secondary N) is 1. The quantitative estimate of drug-likeness (QED) is 0.882. The maximum absolute atomic E-state index is 12.9. The fourth-order valence-corrected chi connectivity index (χ4v) is 2.96. The van der Waals surface area contributed by atoms with Gasteiger partial charge < -0.3 is 14.0 Å². The van der Waals surface area contributed by atoms with Gasteiger partial charge in [-0.05, 0) is 32.9 Å². The minimum atomic E-state index is -0.692. The van der Waals surface area contributed by atoms with Gasteiger partial charge in [-0.25, -0.2) is 9.78 Å². The molecule has 0 spiro atoms. The van der Waals surface area contributed by atoms with Crippen LogP contribution in [0, 0.1) is 0 Å². The van der Waals surface area contributed by atoms with Crippen LogP contribution in [0.1, 0.15) is 20.8 Å². The number of hydrogen-bond donors (Lipinski definition) is 1. The monoisotopic (exact) mass is 374 g/mol. The number of carbonyl (C=O) groups is 1. The van der Waals surface area contributed by atoms with E-state index < -0.39 is 11.7 Å². The number of ether oxygens (including phenoxy) is 2. The number of nitrogens with zero attached hydrogens (tertiary/aromatic N) is 3. The highest BCUT2D eigenvalue weighted by Crippen LogP contribution is 2.14. The third kappa shape index (κ3) is 5.05. The topological polar surface area (TPSA) is 85.7 Å². The van der Waals surface area contributed by atoms with Crippen LogP contribution in [0.2, 0.25) is 0 Å². The van der Waals surface area contributed by atoms with E-state index >= 15 is 0 Å². The number of fused-ring (bicyclic) bond motifs is 1. The summed E-state index contributed by atoms with van der Waals surface area (Å²) in [6, 6.07) is 7.40. The summed E-state index contributed by atoms with van der Waals surface area (Å²) in [5, 5.41) is 2.50. The SMILES string of the molecule is CC(C)(C)OC(=O)Nc1nc2ccccc2n(CCN2CCOCC2)c1=O. The molecule has 0 unspecified atom stereocenters. The van der Waals surface area contributed by atoms with E-state index in [1.807, 2.05) is 24.3 Å². The Kier molecular flexibility index (Phi) is 5.76. The van der Waals surface area contributed by atoms with E-state index in [2.05, 4.69) is 15.2 Å². The Morgan fingerprint density at radius 1 is 1.22 bits per heavy atom. The highest BCUT2D eigenvalue weighted by atomic mass is 16.6. The molecule has 1 aliphatic rings. The molecule has 2 heterocycles. The van der Waals surface area contributed by atoms with Gasteiger partial charge in [0.1, 0.15) is 5.60 Å². The molecule has 1 fully saturated rings. The molecule has 0 bridgehead atoms. The smallest absolute Gasteiger partial charge is 0.413 e. The molecule has 1 aliphatic heterocycles. The van der Waals surface area contributed by atoms with Gasteiger partial charge >= 0.3 is 6.09 Å². The van der Waals surface area contributed by atoms with Gasteiger partial charge in [-0.1, -0.05) is 12.1 Å². The second-order valence-corrected chi connectivity index (χ2v) is 7.49. The molecule has 1 amide bonds. The van der Waals surface area contributed by atoms with Crippen LogP contribution in [-0.4, -0.2) is 59.0 Å². The van der Waals surface area contributed by atoms with Crippen molar-refractivity contribution < 1.29 is 14.3 Å². The number of anilines is 1. The van der Waals surface area contributed by atoms with E-state index in [4.69, 9.17) is 9.47 Å². The molecule has 8 heteroatoms. The van der Waals surface area contributed by atoms with Crippen molar-refractivity contribution in [2.75, 3.05) is 38.2 Å². The van der Waals surface area contributed by atoms with Gasteiger partial charge in [0.05, 0.1) is 24.2 Å². The highest BCUT2D eigenvalue weighted by molar-refractivity contribution is 5.85. The van der Waals surface area contributed by atoms with E-state index in [1.165, 1.54) is 0 Å². The zero-order chi connectivity index (χ0) is 19.4. The van der Waals surface area contributed by atoms with Gasteiger partial charge in [0, 0.05) is 26.2 Å². The summed E-state index contributed by atoms with van der Waals surface area (Å²) in [4.78, 5) is 31.6. The number of amides is 1. The molecular weight excluding hydrogens is 348 g/mol. The van der Waals surface area contributed by atoms with Crippen molar-refractivity contribution in [1.82, 2.24) is 14.5 Å². The Morgan fingerprint density at radius 2 is 1.93 bits per heavy atom. The van der Waals surface area contributed by atoms with Crippen LogP contribution in [0.15, 0.2) is 29.1 Å². The Labute approximate surface area is 158 Å². The molecular formula is C19H26N4O4. The summed E-state index contributed by atoms with van der Waals surface area (Å²) < 4.78 is 12.3. The second kappa shape index (κ2) is 8.06. The van der Waals surface area contributed by atoms with E-state index in [0.717, 1.165) is 25.2 Å². The molecule has 1 aromatic carbocycles. The number of carbonyl (C=O) groups excluding carboxylic acids is 1. The summed E-state index contributed by atoms with van der Waals surface area (Å²) in [5.41, 5.74) is 0.388. The summed E-state index contributed by atoms with van der Waals surface area (Å²) in [6.45, 7) is 9.63. The summed E-state index contributed by atoms with van der Waals surface area (Å²) >= 11 is 0. The standard InChI is InChI=1S/C19H26N4O4/c1-19(2,3)27-18(25)21-16-17(24)23(9-8-22-10-12-26-13-11-22)15-7-5-4-6-14(15)20-16/h4-7H,8-13H2,1-3H3,(H,20,21,25). The maximum Gasteiger partial charge on any atom is 0.413 e. The lowest BCUT2D eigenvalue weighted by molar-refractivity contribution is 0.0364. The van der Waals surface area contributed by atoms with Crippen LogP contribution in [0.5, 0.6) is 0 Å². The number of para-hydroxylation sites is 2. The molecule has 0 saturated carbocycles. The minimum absolute atomic E-state index is 0.0232. The van der Waals surface area contributed by atoms with E-state index in [-0.39, 0.29) is 11.4 Å². The average molecular weight is 374 g/mol. The Balaban J connectivity index is 1.87. The Morgan fingerprint density at radius 3 is 2.63 bits per heavy atom. The van der Waals surface area contributed by atoms with Gasteiger partial charge in [-0.2, -0.15) is 0 Å². The molecule has 0 aliphatic carbocycles. The first-order valence-corrected chi connectivity index (χ1v) is 9.13. The predicted octanol–water partition coefficient (Wildman–Crippen LogP) is 2.08. The van der Waals surface area contributed by atoms with Crippen molar-refractivity contribution in [1.29, 1.82) is 0 Å². The molecule has 27 heavy (non-hydrogen) atoms. The van der Waals surface area contributed by atoms with Gasteiger partial charge in [0.2, 0.25) is 5.82 Å². The van der Waals surface area contributed by atoms with Crippen molar-refractivity contribution in [2.24, 2.45) is 0 Å². The fraction of sp³-hybridized carbons (Fsp3) is 0.526. The molecule has 0 radical (unpaired) electrons. The van der Waals surface area contributed by atoms with Crippen molar-refractivity contribution in [2.45, 2.75) is 32.9 Å². The molecule has 146 valence electrons. The number of hydrogen-bond acceptors (Lipinski definition) is 6. The molecule has 0 atom stereocenters. The number of morpholine rings is 1. The highest BCUT2D eigenvalue weighted by Gasteiger charge is 2.20. The molecule has 8 nitrogen and oxygen atoms in total. The van der Waals surface area contributed by atoms with Crippen molar-refractivity contribution >= 4 is 22.9 Å². The largest absolute Gasteiger partial charge is 0.444 e. The van der Waals surface area contributed by atoms with Crippen molar-refractivity contribution in [3.63, 3.8) is 0 Å². The second-order valence-electron chi connectivity index (χ2n) is 7.49. The number of aromatic nitrogens is 2. The molecule has 1 saturated heterocycles. The van der Waals surface area contributed by atoms with Gasteiger partial charge in [0.25, 0.3) is 5.56 Å². The molecule has 1 N–H and O–H groups in total. The lowest BCUT2D eigenvalue weighted by atomic mass is 10.2. The number of rotatable bonds is 4. The van der Waals surface area contributed by atoms with Crippen LogP contribution in [0.3, 0.4) is 0 Å². The van der Waals surface area contributed by atoms with Crippen LogP contribution < -0.4 is 10.9 Å². The first-order chi connectivity index (χ1) is 12.8. The lowest BCUT2D eigenvalue weighted by Crippen LogP contribution is -2.40. The first-order valence-electron chi connectivity index (χ1n) is 9.13.